The molecule has 1 unspecified atom stereocenters. The summed E-state index contributed by atoms with van der Waals surface area (Å²) in [6.07, 6.45) is 13.4. The highest BCUT2D eigenvalue weighted by molar-refractivity contribution is 5.83. The SMILES string of the molecule is C/C=C\C(=C/C)N(C(=O)CN1CCN(C(c2ccc(C)cc2)c2ccc(C(F)(F)F)cc2)CC1)C1=CC/C=C\C/C=C\1. The van der Waals surface area contributed by atoms with Gasteiger partial charge >= 0.3 is 6.18 Å². The van der Waals surface area contributed by atoms with Gasteiger partial charge < -0.3 is 0 Å². The average molecular weight is 576 g/mol. The van der Waals surface area contributed by atoms with Crippen molar-refractivity contribution in [3.05, 3.63) is 131 Å². The minimum atomic E-state index is -4.37. The molecule has 4 rings (SSSR count). The van der Waals surface area contributed by atoms with Gasteiger partial charge in [-0.25, -0.2) is 0 Å². The van der Waals surface area contributed by atoms with Gasteiger partial charge in [0.2, 0.25) is 5.91 Å². The maximum absolute atomic E-state index is 13.8. The number of carbonyl (C=O) groups is 1. The van der Waals surface area contributed by atoms with E-state index in [0.717, 1.165) is 53.1 Å². The summed E-state index contributed by atoms with van der Waals surface area (Å²) in [6.45, 7) is 8.90. The molecule has 2 aromatic rings. The van der Waals surface area contributed by atoms with Gasteiger partial charge in [0.15, 0.2) is 0 Å². The van der Waals surface area contributed by atoms with Crippen LogP contribution >= 0.6 is 0 Å². The summed E-state index contributed by atoms with van der Waals surface area (Å²) in [5, 5.41) is 0. The second kappa shape index (κ2) is 14.5. The van der Waals surface area contributed by atoms with Crippen LogP contribution in [-0.2, 0) is 11.0 Å². The molecule has 0 bridgehead atoms. The van der Waals surface area contributed by atoms with Gasteiger partial charge in [-0.1, -0.05) is 78.4 Å². The van der Waals surface area contributed by atoms with Crippen molar-refractivity contribution in [3.8, 4) is 0 Å². The highest BCUT2D eigenvalue weighted by atomic mass is 19.4. The number of halogens is 3. The topological polar surface area (TPSA) is 26.8 Å². The Balaban J connectivity index is 1.51. The van der Waals surface area contributed by atoms with Crippen molar-refractivity contribution in [2.75, 3.05) is 32.7 Å². The van der Waals surface area contributed by atoms with Crippen LogP contribution in [0.4, 0.5) is 13.2 Å². The van der Waals surface area contributed by atoms with Crippen molar-refractivity contribution in [1.82, 2.24) is 14.7 Å². The molecule has 1 atom stereocenters. The van der Waals surface area contributed by atoms with E-state index in [-0.39, 0.29) is 18.5 Å². The van der Waals surface area contributed by atoms with Gasteiger partial charge in [0, 0.05) is 37.6 Å². The molecular formula is C35H40F3N3O. The summed E-state index contributed by atoms with van der Waals surface area (Å²) in [5.74, 6) is 0.00734. The number of alkyl halides is 3. The lowest BCUT2D eigenvalue weighted by atomic mass is 9.94. The van der Waals surface area contributed by atoms with E-state index in [1.807, 2.05) is 57.2 Å². The lowest BCUT2D eigenvalue weighted by Crippen LogP contribution is -2.50. The Morgan fingerprint density at radius 3 is 2.12 bits per heavy atom. The van der Waals surface area contributed by atoms with E-state index in [9.17, 15) is 18.0 Å². The van der Waals surface area contributed by atoms with E-state index >= 15 is 0 Å². The Kier molecular flexibility index (Phi) is 10.8. The zero-order chi connectivity index (χ0) is 30.1. The summed E-state index contributed by atoms with van der Waals surface area (Å²) in [7, 11) is 0. The summed E-state index contributed by atoms with van der Waals surface area (Å²) in [4.78, 5) is 20.1. The maximum atomic E-state index is 13.8. The number of hydrogen-bond acceptors (Lipinski definition) is 3. The number of nitrogens with zero attached hydrogens (tertiary/aromatic N) is 3. The first-order chi connectivity index (χ1) is 20.2. The van der Waals surface area contributed by atoms with Crippen LogP contribution in [0.5, 0.6) is 0 Å². The highest BCUT2D eigenvalue weighted by Crippen LogP contribution is 2.34. The zero-order valence-corrected chi connectivity index (χ0v) is 24.6. The molecule has 1 aliphatic carbocycles. The molecule has 222 valence electrons. The summed E-state index contributed by atoms with van der Waals surface area (Å²) in [6, 6.07) is 13.5. The Bertz CT molecular complexity index is 1340. The summed E-state index contributed by atoms with van der Waals surface area (Å²) >= 11 is 0. The highest BCUT2D eigenvalue weighted by Gasteiger charge is 2.32. The number of benzene rings is 2. The molecule has 4 nitrogen and oxygen atoms in total. The summed E-state index contributed by atoms with van der Waals surface area (Å²) < 4.78 is 39.8. The van der Waals surface area contributed by atoms with Crippen LogP contribution in [0.25, 0.3) is 0 Å². The van der Waals surface area contributed by atoms with E-state index in [1.54, 1.807) is 17.0 Å². The van der Waals surface area contributed by atoms with Gasteiger partial charge in [0.25, 0.3) is 0 Å². The third-order valence-electron chi connectivity index (χ3n) is 7.67. The van der Waals surface area contributed by atoms with Gasteiger partial charge in [-0.3, -0.25) is 19.5 Å². The third-order valence-corrected chi connectivity index (χ3v) is 7.67. The Morgan fingerprint density at radius 2 is 1.52 bits per heavy atom. The lowest BCUT2D eigenvalue weighted by molar-refractivity contribution is -0.137. The quantitative estimate of drug-likeness (QED) is 0.237. The molecule has 2 aromatic carbocycles. The first kappa shape index (κ1) is 31.3. The van der Waals surface area contributed by atoms with Gasteiger partial charge in [-0.15, -0.1) is 0 Å². The van der Waals surface area contributed by atoms with Crippen LogP contribution < -0.4 is 0 Å². The number of allylic oxidation sites excluding steroid dienone is 8. The van der Waals surface area contributed by atoms with Crippen LogP contribution in [0.2, 0.25) is 0 Å². The minimum absolute atomic E-state index is 0.00734. The summed E-state index contributed by atoms with van der Waals surface area (Å²) in [5.41, 5.74) is 4.05. The number of rotatable bonds is 8. The minimum Gasteiger partial charge on any atom is -0.292 e. The lowest BCUT2D eigenvalue weighted by Gasteiger charge is -2.40. The molecule has 1 aliphatic heterocycles. The second-order valence-electron chi connectivity index (χ2n) is 10.7. The average Bonchev–Trinajstić information content (AvgIpc) is 2.95. The normalized spacial score (nSPS) is 19.6. The smallest absolute Gasteiger partial charge is 0.292 e. The monoisotopic (exact) mass is 575 g/mol. The molecule has 0 radical (unpaired) electrons. The van der Waals surface area contributed by atoms with Crippen molar-refractivity contribution in [2.45, 2.75) is 45.8 Å². The molecule has 42 heavy (non-hydrogen) atoms. The Hall–Kier alpha value is -3.68. The van der Waals surface area contributed by atoms with E-state index in [1.165, 1.54) is 0 Å². The fourth-order valence-electron chi connectivity index (χ4n) is 5.45. The van der Waals surface area contributed by atoms with Gasteiger partial charge in [-0.2, -0.15) is 13.2 Å². The first-order valence-electron chi connectivity index (χ1n) is 14.5. The number of piperazine rings is 1. The predicted molar refractivity (Wildman–Crippen MR) is 163 cm³/mol. The standard InChI is InChI=1S/C35H40F3N3O/c1-4-11-31(5-2)41(32-12-9-7-6-8-10-13-32)33(42)26-39-22-24-40(25-23-39)34(28-16-14-27(3)15-17-28)29-18-20-30(21-19-29)35(36,37)38/h4-7,10-21,34H,8-9,22-26H2,1-3H3/b7-6-,11-4-,13-10-,31-5+,32-12?. The van der Waals surface area contributed by atoms with Crippen LogP contribution in [0.3, 0.4) is 0 Å². The van der Waals surface area contributed by atoms with Gasteiger partial charge in [0.05, 0.1) is 18.2 Å². The van der Waals surface area contributed by atoms with Crippen molar-refractivity contribution in [3.63, 3.8) is 0 Å². The number of hydrogen-bond donors (Lipinski definition) is 0. The van der Waals surface area contributed by atoms with Crippen LogP contribution in [-0.4, -0.2) is 53.3 Å². The maximum Gasteiger partial charge on any atom is 0.416 e. The van der Waals surface area contributed by atoms with Crippen LogP contribution in [0.15, 0.2) is 109 Å². The second-order valence-corrected chi connectivity index (χ2v) is 10.7. The molecule has 7 heteroatoms. The van der Waals surface area contributed by atoms with Gasteiger partial charge in [0.1, 0.15) is 0 Å². The molecule has 1 heterocycles. The fraction of sp³-hybridized carbons (Fsp3) is 0.343. The molecule has 0 aromatic heterocycles. The number of carbonyl (C=O) groups excluding carboxylic acids is 1. The van der Waals surface area contributed by atoms with E-state index < -0.39 is 11.7 Å². The van der Waals surface area contributed by atoms with E-state index in [2.05, 4.69) is 46.2 Å². The molecule has 0 saturated carbocycles. The molecule has 2 aliphatic rings. The Labute approximate surface area is 247 Å². The van der Waals surface area contributed by atoms with Gasteiger partial charge in [-0.05, 0) is 69.0 Å². The molecule has 0 spiro atoms. The first-order valence-corrected chi connectivity index (χ1v) is 14.5. The van der Waals surface area contributed by atoms with Crippen LogP contribution in [0.1, 0.15) is 55.0 Å². The van der Waals surface area contributed by atoms with Crippen LogP contribution in [0, 0.1) is 6.92 Å². The van der Waals surface area contributed by atoms with E-state index in [0.29, 0.717) is 26.2 Å². The molecule has 0 N–H and O–H groups in total. The van der Waals surface area contributed by atoms with Crippen molar-refractivity contribution >= 4 is 5.91 Å². The van der Waals surface area contributed by atoms with Crippen molar-refractivity contribution in [1.29, 1.82) is 0 Å². The molecule has 1 amide bonds. The van der Waals surface area contributed by atoms with Crippen molar-refractivity contribution in [2.24, 2.45) is 0 Å². The Morgan fingerprint density at radius 1 is 0.905 bits per heavy atom. The molecule has 1 fully saturated rings. The molecular weight excluding hydrogens is 535 g/mol. The predicted octanol–water partition coefficient (Wildman–Crippen LogP) is 7.82. The van der Waals surface area contributed by atoms with E-state index in [4.69, 9.17) is 0 Å². The number of amides is 1. The fourth-order valence-corrected chi connectivity index (χ4v) is 5.45. The number of aryl methyl sites for hydroxylation is 1. The third kappa shape index (κ3) is 7.99. The van der Waals surface area contributed by atoms with Crippen molar-refractivity contribution < 1.29 is 18.0 Å². The largest absolute Gasteiger partial charge is 0.416 e. The zero-order valence-electron chi connectivity index (χ0n) is 24.6. The molecule has 1 saturated heterocycles.